The normalized spacial score (nSPS) is 23.6. The Hall–Kier alpha value is 0.320. The molecule has 0 radical (unpaired) electrons. The third-order valence-electron chi connectivity index (χ3n) is 2.39. The average molecular weight is 346 g/mol. The van der Waals surface area contributed by atoms with E-state index in [9.17, 15) is 0 Å². The maximum Gasteiger partial charge on any atom is 0.203 e. The first-order chi connectivity index (χ1) is 6.50. The number of hydrogen-bond donors (Lipinski definition) is 1. The van der Waals surface area contributed by atoms with Crippen LogP contribution in [0.1, 0.15) is 6.42 Å². The molecule has 78 valence electrons. The van der Waals surface area contributed by atoms with Crippen LogP contribution in [0, 0.1) is 9.62 Å². The number of imidazole rings is 1. The molecule has 0 aromatic carbocycles. The number of nitrogens with zero attached hydrogens (tertiary/aromatic N) is 2. The largest absolute Gasteiger partial charge is 0.355 e. The van der Waals surface area contributed by atoms with Gasteiger partial charge in [-0.1, -0.05) is 0 Å². The molecule has 1 fully saturated rings. The molecule has 1 unspecified atom stereocenters. The summed E-state index contributed by atoms with van der Waals surface area (Å²) in [4.78, 5) is 4.22. The maximum absolute atomic E-state index is 5.92. The molecule has 1 atom stereocenters. The molecule has 0 spiro atoms. The second kappa shape index (κ2) is 3.72. The number of aromatic nitrogens is 2. The fourth-order valence-electron chi connectivity index (χ4n) is 1.26. The van der Waals surface area contributed by atoms with E-state index in [2.05, 4.69) is 32.9 Å². The minimum absolute atomic E-state index is 0.347. The highest BCUT2D eigenvalue weighted by Gasteiger charge is 2.51. The molecule has 6 heteroatoms. The summed E-state index contributed by atoms with van der Waals surface area (Å²) in [5.41, 5.74) is 0. The zero-order chi connectivity index (χ0) is 10.3. The predicted molar refractivity (Wildman–Crippen MR) is 67.0 cm³/mol. The van der Waals surface area contributed by atoms with Gasteiger partial charge in [0.15, 0.2) is 0 Å². The van der Waals surface area contributed by atoms with Gasteiger partial charge in [0, 0.05) is 19.5 Å². The van der Waals surface area contributed by atoms with Gasteiger partial charge >= 0.3 is 0 Å². The fourth-order valence-corrected chi connectivity index (χ4v) is 2.15. The number of halogens is 3. The summed E-state index contributed by atoms with van der Waals surface area (Å²) in [6.07, 6.45) is 2.69. The Kier molecular flexibility index (Phi) is 2.87. The van der Waals surface area contributed by atoms with E-state index in [1.54, 1.807) is 0 Å². The van der Waals surface area contributed by atoms with Gasteiger partial charge in [0.25, 0.3) is 0 Å². The topological polar surface area (TPSA) is 29.9 Å². The van der Waals surface area contributed by atoms with Crippen LogP contribution in [0.4, 0.5) is 5.95 Å². The molecule has 2 rings (SSSR count). The van der Waals surface area contributed by atoms with E-state index in [1.165, 1.54) is 0 Å². The van der Waals surface area contributed by atoms with Crippen molar-refractivity contribution in [1.82, 2.24) is 9.55 Å². The molecule has 1 aliphatic rings. The Labute approximate surface area is 106 Å². The zero-order valence-corrected chi connectivity index (χ0v) is 11.3. The van der Waals surface area contributed by atoms with Crippen molar-refractivity contribution in [2.24, 2.45) is 13.0 Å². The van der Waals surface area contributed by atoms with Crippen LogP contribution < -0.4 is 5.32 Å². The molecule has 0 saturated heterocycles. The van der Waals surface area contributed by atoms with E-state index in [0.717, 1.165) is 22.6 Å². The molecule has 1 N–H and O–H groups in total. The van der Waals surface area contributed by atoms with Crippen molar-refractivity contribution in [3.63, 3.8) is 0 Å². The van der Waals surface area contributed by atoms with Crippen molar-refractivity contribution in [3.8, 4) is 0 Å². The molecule has 14 heavy (non-hydrogen) atoms. The van der Waals surface area contributed by atoms with Gasteiger partial charge in [0.2, 0.25) is 5.95 Å². The number of hydrogen-bond acceptors (Lipinski definition) is 2. The van der Waals surface area contributed by atoms with Gasteiger partial charge in [0.05, 0.1) is 6.20 Å². The summed E-state index contributed by atoms with van der Waals surface area (Å²) in [6, 6.07) is 0. The third kappa shape index (κ3) is 2.12. The first-order valence-corrected chi connectivity index (χ1v) is 6.13. The van der Waals surface area contributed by atoms with Crippen LogP contribution >= 0.6 is 45.8 Å². The van der Waals surface area contributed by atoms with Crippen LogP contribution in [0.15, 0.2) is 6.20 Å². The smallest absolute Gasteiger partial charge is 0.203 e. The third-order valence-corrected chi connectivity index (χ3v) is 4.32. The fraction of sp³-hybridized carbons (Fsp3) is 0.625. The lowest BCUT2D eigenvalue weighted by Crippen LogP contribution is -2.11. The first kappa shape index (κ1) is 10.8. The lowest BCUT2D eigenvalue weighted by molar-refractivity contribution is 0.826. The van der Waals surface area contributed by atoms with Crippen LogP contribution in [-0.4, -0.2) is 20.4 Å². The highest BCUT2D eigenvalue weighted by atomic mass is 127. The van der Waals surface area contributed by atoms with Crippen molar-refractivity contribution in [1.29, 1.82) is 0 Å². The SMILES string of the molecule is Cn1c(I)cnc1NCC1CC1(Cl)Cl. The van der Waals surface area contributed by atoms with E-state index in [4.69, 9.17) is 23.2 Å². The van der Waals surface area contributed by atoms with Gasteiger partial charge in [0.1, 0.15) is 8.03 Å². The predicted octanol–water partition coefficient (Wildman–Crippen LogP) is 2.63. The van der Waals surface area contributed by atoms with Crippen LogP contribution in [0.2, 0.25) is 0 Å². The minimum atomic E-state index is -0.509. The molecule has 3 nitrogen and oxygen atoms in total. The van der Waals surface area contributed by atoms with Gasteiger partial charge in [-0.3, -0.25) is 0 Å². The number of alkyl halides is 2. The van der Waals surface area contributed by atoms with Crippen molar-refractivity contribution >= 4 is 51.7 Å². The summed E-state index contributed by atoms with van der Waals surface area (Å²) in [5, 5.41) is 3.23. The molecular weight excluding hydrogens is 336 g/mol. The number of anilines is 1. The van der Waals surface area contributed by atoms with Gasteiger partial charge < -0.3 is 9.88 Å². The quantitative estimate of drug-likeness (QED) is 0.674. The van der Waals surface area contributed by atoms with Crippen molar-refractivity contribution in [2.45, 2.75) is 10.8 Å². The van der Waals surface area contributed by atoms with Crippen LogP contribution in [0.25, 0.3) is 0 Å². The molecule has 1 aliphatic carbocycles. The highest BCUT2D eigenvalue weighted by molar-refractivity contribution is 14.1. The second-order valence-corrected chi connectivity index (χ2v) is 6.15. The van der Waals surface area contributed by atoms with E-state index in [1.807, 2.05) is 17.8 Å². The Balaban J connectivity index is 1.90. The van der Waals surface area contributed by atoms with Gasteiger partial charge in [-0.2, -0.15) is 0 Å². The van der Waals surface area contributed by atoms with Gasteiger partial charge in [-0.05, 0) is 29.0 Å². The Morgan fingerprint density at radius 1 is 1.79 bits per heavy atom. The van der Waals surface area contributed by atoms with Crippen molar-refractivity contribution in [3.05, 3.63) is 9.90 Å². The second-order valence-electron chi connectivity index (χ2n) is 3.51. The van der Waals surface area contributed by atoms with Crippen molar-refractivity contribution in [2.75, 3.05) is 11.9 Å². The highest BCUT2D eigenvalue weighted by Crippen LogP contribution is 2.52. The molecule has 0 aliphatic heterocycles. The van der Waals surface area contributed by atoms with E-state index in [0.29, 0.717) is 5.92 Å². The average Bonchev–Trinajstić information content (AvgIpc) is 2.60. The van der Waals surface area contributed by atoms with Crippen LogP contribution in [-0.2, 0) is 7.05 Å². The van der Waals surface area contributed by atoms with Gasteiger partial charge in [-0.25, -0.2) is 4.98 Å². The molecule has 0 bridgehead atoms. The Morgan fingerprint density at radius 2 is 2.43 bits per heavy atom. The van der Waals surface area contributed by atoms with E-state index < -0.39 is 4.33 Å². The standard InChI is InChI=1S/C8H10Cl2IN3/c1-14-6(11)4-13-7(14)12-3-5-2-8(5,9)10/h4-5H,2-3H2,1H3,(H,12,13). The Morgan fingerprint density at radius 3 is 2.86 bits per heavy atom. The summed E-state index contributed by atoms with van der Waals surface area (Å²) in [6.45, 7) is 0.786. The van der Waals surface area contributed by atoms with Crippen LogP contribution in [0.3, 0.4) is 0 Å². The number of nitrogens with one attached hydrogen (secondary N) is 1. The lowest BCUT2D eigenvalue weighted by atomic mass is 10.4. The minimum Gasteiger partial charge on any atom is -0.355 e. The summed E-state index contributed by atoms with van der Waals surface area (Å²) in [7, 11) is 1.97. The van der Waals surface area contributed by atoms with E-state index in [-0.39, 0.29) is 0 Å². The molecule has 1 heterocycles. The molecule has 0 amide bonds. The monoisotopic (exact) mass is 345 g/mol. The van der Waals surface area contributed by atoms with E-state index >= 15 is 0 Å². The molecule has 1 aromatic heterocycles. The van der Waals surface area contributed by atoms with Crippen molar-refractivity contribution < 1.29 is 0 Å². The van der Waals surface area contributed by atoms with Crippen LogP contribution in [0.5, 0.6) is 0 Å². The number of rotatable bonds is 3. The summed E-state index contributed by atoms with van der Waals surface area (Å²) in [5.74, 6) is 1.21. The lowest BCUT2D eigenvalue weighted by Gasteiger charge is -2.05. The maximum atomic E-state index is 5.92. The Bertz CT molecular complexity index is 350. The molecule has 1 saturated carbocycles. The van der Waals surface area contributed by atoms with Gasteiger partial charge in [-0.15, -0.1) is 23.2 Å². The molecular formula is C8H10Cl2IN3. The summed E-state index contributed by atoms with van der Waals surface area (Å²) < 4.78 is 2.59. The first-order valence-electron chi connectivity index (χ1n) is 4.29. The summed E-state index contributed by atoms with van der Waals surface area (Å²) >= 11 is 14.1. The zero-order valence-electron chi connectivity index (χ0n) is 7.60. The molecule has 1 aromatic rings.